The lowest BCUT2D eigenvalue weighted by Crippen LogP contribution is -2.35. The van der Waals surface area contributed by atoms with Crippen LogP contribution in [0.5, 0.6) is 0 Å². The van der Waals surface area contributed by atoms with E-state index in [9.17, 15) is 4.79 Å². The van der Waals surface area contributed by atoms with Gasteiger partial charge in [0.1, 0.15) is 0 Å². The highest BCUT2D eigenvalue weighted by Crippen LogP contribution is 2.44. The molecule has 0 radical (unpaired) electrons. The molecule has 0 amide bonds. The van der Waals surface area contributed by atoms with E-state index in [1.165, 1.54) is 11.1 Å². The zero-order valence-corrected chi connectivity index (χ0v) is 13.9. The average Bonchev–Trinajstić information content (AvgIpc) is 2.54. The molecule has 2 aromatic carbocycles. The molecule has 0 bridgehead atoms. The Bertz CT molecular complexity index is 707. The molecule has 0 saturated heterocycles. The Morgan fingerprint density at radius 3 is 2.65 bits per heavy atom. The van der Waals surface area contributed by atoms with Gasteiger partial charge < -0.3 is 10.1 Å². The van der Waals surface area contributed by atoms with Gasteiger partial charge in [0.25, 0.3) is 0 Å². The van der Waals surface area contributed by atoms with Gasteiger partial charge in [-0.25, -0.2) is 4.79 Å². The van der Waals surface area contributed by atoms with Crippen LogP contribution in [0.2, 0.25) is 0 Å². The molecule has 0 aromatic heterocycles. The quantitative estimate of drug-likeness (QED) is 0.842. The van der Waals surface area contributed by atoms with Crippen molar-refractivity contribution in [2.75, 3.05) is 11.9 Å². The van der Waals surface area contributed by atoms with Crippen molar-refractivity contribution in [3.63, 3.8) is 0 Å². The van der Waals surface area contributed by atoms with Crippen LogP contribution in [0.4, 0.5) is 5.69 Å². The molecule has 0 aliphatic carbocycles. The van der Waals surface area contributed by atoms with Gasteiger partial charge in [0.05, 0.1) is 18.2 Å². The van der Waals surface area contributed by atoms with Gasteiger partial charge in [0, 0.05) is 5.69 Å². The van der Waals surface area contributed by atoms with Crippen molar-refractivity contribution in [3.05, 3.63) is 65.2 Å². The predicted octanol–water partition coefficient (Wildman–Crippen LogP) is 4.60. The van der Waals surface area contributed by atoms with Crippen molar-refractivity contribution < 1.29 is 9.53 Å². The van der Waals surface area contributed by atoms with Gasteiger partial charge in [-0.05, 0) is 48.1 Å². The van der Waals surface area contributed by atoms with Gasteiger partial charge in [0.15, 0.2) is 0 Å². The van der Waals surface area contributed by atoms with Crippen LogP contribution in [-0.2, 0) is 11.2 Å². The van der Waals surface area contributed by atoms with Crippen molar-refractivity contribution >= 4 is 11.7 Å². The Kier molecular flexibility index (Phi) is 4.12. The third-order valence-electron chi connectivity index (χ3n) is 4.48. The molecule has 1 N–H and O–H groups in total. The number of hydrogen-bond acceptors (Lipinski definition) is 3. The summed E-state index contributed by atoms with van der Waals surface area (Å²) in [7, 11) is 0. The molecule has 1 atom stereocenters. The largest absolute Gasteiger partial charge is 0.462 e. The van der Waals surface area contributed by atoms with E-state index in [0.29, 0.717) is 12.2 Å². The van der Waals surface area contributed by atoms with Gasteiger partial charge in [-0.1, -0.05) is 44.2 Å². The molecule has 23 heavy (non-hydrogen) atoms. The maximum absolute atomic E-state index is 11.9. The molecule has 0 spiro atoms. The second-order valence-corrected chi connectivity index (χ2v) is 6.75. The molecule has 3 nitrogen and oxygen atoms in total. The molecule has 2 aromatic rings. The van der Waals surface area contributed by atoms with Crippen molar-refractivity contribution in [3.8, 4) is 0 Å². The number of anilines is 1. The lowest BCUT2D eigenvalue weighted by molar-refractivity contribution is 0.0526. The normalized spacial score (nSPS) is 18.7. The number of carbonyl (C=O) groups is 1. The smallest absolute Gasteiger partial charge is 0.338 e. The molecule has 1 aliphatic rings. The number of carbonyl (C=O) groups excluding carboxylic acids is 1. The SMILES string of the molecule is CCOC(=O)c1ccc2c(c1)CC(C)(C)C(c1ccccc1)N2. The fourth-order valence-corrected chi connectivity index (χ4v) is 3.35. The summed E-state index contributed by atoms with van der Waals surface area (Å²) >= 11 is 0. The van der Waals surface area contributed by atoms with E-state index in [1.807, 2.05) is 31.2 Å². The van der Waals surface area contributed by atoms with Gasteiger partial charge >= 0.3 is 5.97 Å². The zero-order valence-electron chi connectivity index (χ0n) is 13.9. The maximum Gasteiger partial charge on any atom is 0.338 e. The second kappa shape index (κ2) is 6.07. The molecule has 0 fully saturated rings. The highest BCUT2D eigenvalue weighted by Gasteiger charge is 2.36. The molecular formula is C20H23NO2. The average molecular weight is 309 g/mol. The van der Waals surface area contributed by atoms with E-state index in [-0.39, 0.29) is 17.4 Å². The summed E-state index contributed by atoms with van der Waals surface area (Å²) in [5.41, 5.74) is 4.25. The molecular weight excluding hydrogens is 286 g/mol. The Morgan fingerprint density at radius 1 is 1.22 bits per heavy atom. The number of esters is 1. The molecule has 1 aliphatic heterocycles. The van der Waals surface area contributed by atoms with Crippen LogP contribution in [0.1, 0.15) is 48.3 Å². The highest BCUT2D eigenvalue weighted by molar-refractivity contribution is 5.90. The van der Waals surface area contributed by atoms with Gasteiger partial charge in [-0.3, -0.25) is 0 Å². The zero-order chi connectivity index (χ0) is 16.4. The van der Waals surface area contributed by atoms with E-state index in [4.69, 9.17) is 4.74 Å². The second-order valence-electron chi connectivity index (χ2n) is 6.75. The Morgan fingerprint density at radius 2 is 1.96 bits per heavy atom. The van der Waals surface area contributed by atoms with E-state index in [2.05, 4.69) is 43.4 Å². The van der Waals surface area contributed by atoms with Gasteiger partial charge in [-0.2, -0.15) is 0 Å². The van der Waals surface area contributed by atoms with Crippen LogP contribution in [-0.4, -0.2) is 12.6 Å². The van der Waals surface area contributed by atoms with Gasteiger partial charge in [0.2, 0.25) is 0 Å². The monoisotopic (exact) mass is 309 g/mol. The van der Waals surface area contributed by atoms with Crippen LogP contribution >= 0.6 is 0 Å². The summed E-state index contributed by atoms with van der Waals surface area (Å²) in [6.45, 7) is 6.75. The van der Waals surface area contributed by atoms with Crippen molar-refractivity contribution in [2.45, 2.75) is 33.2 Å². The topological polar surface area (TPSA) is 38.3 Å². The first kappa shape index (κ1) is 15.6. The maximum atomic E-state index is 11.9. The van der Waals surface area contributed by atoms with Crippen LogP contribution in [0.15, 0.2) is 48.5 Å². The minimum absolute atomic E-state index is 0.0572. The van der Waals surface area contributed by atoms with E-state index < -0.39 is 0 Å². The van der Waals surface area contributed by atoms with Crippen molar-refractivity contribution in [2.24, 2.45) is 5.41 Å². The number of fused-ring (bicyclic) bond motifs is 1. The first-order valence-corrected chi connectivity index (χ1v) is 8.13. The number of ether oxygens (including phenoxy) is 1. The minimum Gasteiger partial charge on any atom is -0.462 e. The van der Waals surface area contributed by atoms with Crippen molar-refractivity contribution in [1.82, 2.24) is 0 Å². The summed E-state index contributed by atoms with van der Waals surface area (Å²) in [6, 6.07) is 16.6. The fourth-order valence-electron chi connectivity index (χ4n) is 3.35. The number of nitrogens with one attached hydrogen (secondary N) is 1. The number of rotatable bonds is 3. The van der Waals surface area contributed by atoms with Crippen LogP contribution in [0, 0.1) is 5.41 Å². The summed E-state index contributed by atoms with van der Waals surface area (Å²) in [6.07, 6.45) is 0.919. The van der Waals surface area contributed by atoms with Gasteiger partial charge in [-0.15, -0.1) is 0 Å². The Balaban J connectivity index is 1.93. The third-order valence-corrected chi connectivity index (χ3v) is 4.48. The molecule has 3 rings (SSSR count). The first-order valence-electron chi connectivity index (χ1n) is 8.13. The number of benzene rings is 2. The fraction of sp³-hybridized carbons (Fsp3) is 0.350. The van der Waals surface area contributed by atoms with E-state index in [0.717, 1.165) is 12.1 Å². The summed E-state index contributed by atoms with van der Waals surface area (Å²) < 4.78 is 5.10. The summed E-state index contributed by atoms with van der Waals surface area (Å²) in [5, 5.41) is 3.65. The van der Waals surface area contributed by atoms with Crippen molar-refractivity contribution in [1.29, 1.82) is 0 Å². The minimum atomic E-state index is -0.252. The lowest BCUT2D eigenvalue weighted by Gasteiger charge is -2.41. The van der Waals surface area contributed by atoms with E-state index in [1.54, 1.807) is 0 Å². The Labute approximate surface area is 137 Å². The molecule has 3 heteroatoms. The van der Waals surface area contributed by atoms with Crippen LogP contribution in [0.25, 0.3) is 0 Å². The standard InChI is InChI=1S/C20H23NO2/c1-4-23-19(22)15-10-11-17-16(12-15)13-20(2,3)18(21-17)14-8-6-5-7-9-14/h5-12,18,21H,4,13H2,1-3H3. The predicted molar refractivity (Wildman–Crippen MR) is 92.7 cm³/mol. The lowest BCUT2D eigenvalue weighted by atomic mass is 9.73. The summed E-state index contributed by atoms with van der Waals surface area (Å²) in [4.78, 5) is 11.9. The summed E-state index contributed by atoms with van der Waals surface area (Å²) in [5.74, 6) is -0.252. The Hall–Kier alpha value is -2.29. The molecule has 1 heterocycles. The number of hydrogen-bond donors (Lipinski definition) is 1. The van der Waals surface area contributed by atoms with E-state index >= 15 is 0 Å². The highest BCUT2D eigenvalue weighted by atomic mass is 16.5. The molecule has 0 saturated carbocycles. The molecule has 1 unspecified atom stereocenters. The first-order chi connectivity index (χ1) is 11.0. The third kappa shape index (κ3) is 3.09. The van der Waals surface area contributed by atoms with Crippen LogP contribution in [0.3, 0.4) is 0 Å². The molecule has 120 valence electrons. The van der Waals surface area contributed by atoms with Crippen LogP contribution < -0.4 is 5.32 Å².